The highest BCUT2D eigenvalue weighted by Crippen LogP contribution is 2.27. The number of esters is 1. The normalized spacial score (nSPS) is 24.5. The fraction of sp³-hybridized carbons (Fsp3) is 0.556. The summed E-state index contributed by atoms with van der Waals surface area (Å²) in [6.07, 6.45) is 2.52. The molecule has 1 heterocycles. The van der Waals surface area contributed by atoms with Gasteiger partial charge in [0, 0.05) is 18.3 Å². The summed E-state index contributed by atoms with van der Waals surface area (Å²) in [4.78, 5) is 10.8. The smallest absolute Gasteiger partial charge is 0.353 e. The Hall–Kier alpha value is -1.10. The van der Waals surface area contributed by atoms with Gasteiger partial charge in [-0.05, 0) is 19.9 Å². The summed E-state index contributed by atoms with van der Waals surface area (Å²) in [6.45, 7) is 3.66. The summed E-state index contributed by atoms with van der Waals surface area (Å²) in [5, 5.41) is 0.106. The van der Waals surface area contributed by atoms with Crippen LogP contribution in [0.4, 0.5) is 0 Å². The van der Waals surface area contributed by atoms with Crippen LogP contribution in [0.2, 0.25) is 0 Å². The maximum absolute atomic E-state index is 10.8. The van der Waals surface area contributed by atoms with Crippen molar-refractivity contribution in [1.29, 1.82) is 0 Å². The second-order valence-electron chi connectivity index (χ2n) is 3.38. The van der Waals surface area contributed by atoms with Gasteiger partial charge in [0.05, 0.1) is 7.11 Å². The maximum atomic E-state index is 10.8. The highest BCUT2D eigenvalue weighted by Gasteiger charge is 2.40. The van der Waals surface area contributed by atoms with Crippen LogP contribution in [0.15, 0.2) is 12.2 Å². The number of hydrogen-bond donors (Lipinski definition) is 0. The van der Waals surface area contributed by atoms with Gasteiger partial charge in [-0.25, -0.2) is 4.79 Å². The monoisotopic (exact) mass is 216 g/mol. The van der Waals surface area contributed by atoms with Crippen molar-refractivity contribution in [3.8, 4) is 0 Å². The summed E-state index contributed by atoms with van der Waals surface area (Å²) in [7, 11) is 1.31. The third kappa shape index (κ3) is 2.45. The highest BCUT2D eigenvalue weighted by atomic mass is 32.1. The molecule has 14 heavy (non-hydrogen) atoms. The standard InChI is InChI=1S/C9H12O4S/c1-9(2)6(12-8(14)13-9)4-5-7(10)11-3/h4-6H,1-3H3/b5-4+/t6-/m1/s1. The molecule has 0 aromatic rings. The van der Waals surface area contributed by atoms with Gasteiger partial charge >= 0.3 is 11.2 Å². The van der Waals surface area contributed by atoms with Crippen LogP contribution in [0.25, 0.3) is 0 Å². The molecule has 1 atom stereocenters. The van der Waals surface area contributed by atoms with Gasteiger partial charge in [-0.3, -0.25) is 0 Å². The van der Waals surface area contributed by atoms with Gasteiger partial charge in [0.15, 0.2) is 6.10 Å². The van der Waals surface area contributed by atoms with E-state index in [9.17, 15) is 4.79 Å². The molecule has 78 valence electrons. The van der Waals surface area contributed by atoms with Crippen molar-refractivity contribution in [1.82, 2.24) is 0 Å². The number of thiocarbonyl (C=S) groups is 1. The van der Waals surface area contributed by atoms with Crippen molar-refractivity contribution >= 4 is 23.4 Å². The van der Waals surface area contributed by atoms with Crippen molar-refractivity contribution in [3.63, 3.8) is 0 Å². The molecule has 0 spiro atoms. The lowest BCUT2D eigenvalue weighted by atomic mass is 10.0. The number of ether oxygens (including phenoxy) is 3. The quantitative estimate of drug-likeness (QED) is 0.394. The van der Waals surface area contributed by atoms with E-state index in [0.717, 1.165) is 0 Å². The van der Waals surface area contributed by atoms with Crippen LogP contribution in [0.1, 0.15) is 13.8 Å². The van der Waals surface area contributed by atoms with Gasteiger partial charge in [0.2, 0.25) is 0 Å². The zero-order chi connectivity index (χ0) is 10.8. The van der Waals surface area contributed by atoms with Crippen LogP contribution in [-0.2, 0) is 19.0 Å². The first-order chi connectivity index (χ1) is 6.45. The maximum Gasteiger partial charge on any atom is 0.353 e. The van der Waals surface area contributed by atoms with Crippen LogP contribution in [0.5, 0.6) is 0 Å². The topological polar surface area (TPSA) is 44.8 Å². The van der Waals surface area contributed by atoms with Crippen LogP contribution in [0, 0.1) is 0 Å². The second-order valence-corrected chi connectivity index (χ2v) is 3.71. The molecule has 0 saturated carbocycles. The average molecular weight is 216 g/mol. The van der Waals surface area contributed by atoms with Gasteiger partial charge in [-0.2, -0.15) is 0 Å². The first kappa shape index (κ1) is 11.0. The Morgan fingerprint density at radius 1 is 1.64 bits per heavy atom. The van der Waals surface area contributed by atoms with E-state index < -0.39 is 11.6 Å². The predicted molar refractivity (Wildman–Crippen MR) is 53.8 cm³/mol. The largest absolute Gasteiger partial charge is 0.466 e. The summed E-state index contributed by atoms with van der Waals surface area (Å²) in [5.41, 5.74) is -0.540. The van der Waals surface area contributed by atoms with Gasteiger partial charge in [-0.1, -0.05) is 0 Å². The first-order valence-electron chi connectivity index (χ1n) is 4.11. The van der Waals surface area contributed by atoms with Crippen LogP contribution in [-0.4, -0.2) is 30.0 Å². The predicted octanol–water partition coefficient (Wildman–Crippen LogP) is 1.19. The first-order valence-corrected chi connectivity index (χ1v) is 4.52. The Balaban J connectivity index is 2.65. The van der Waals surface area contributed by atoms with Crippen molar-refractivity contribution in [2.45, 2.75) is 25.6 Å². The fourth-order valence-corrected chi connectivity index (χ4v) is 1.37. The van der Waals surface area contributed by atoms with Gasteiger partial charge in [-0.15, -0.1) is 0 Å². The Labute approximate surface area is 87.8 Å². The molecule has 0 unspecified atom stereocenters. The molecule has 1 saturated heterocycles. The van der Waals surface area contributed by atoms with E-state index in [1.165, 1.54) is 13.2 Å². The lowest BCUT2D eigenvalue weighted by Gasteiger charge is -2.18. The van der Waals surface area contributed by atoms with E-state index in [-0.39, 0.29) is 11.3 Å². The van der Waals surface area contributed by atoms with E-state index in [2.05, 4.69) is 4.74 Å². The number of hydrogen-bond acceptors (Lipinski definition) is 5. The van der Waals surface area contributed by atoms with Gasteiger partial charge in [0.1, 0.15) is 5.60 Å². The highest BCUT2D eigenvalue weighted by molar-refractivity contribution is 7.79. The lowest BCUT2D eigenvalue weighted by molar-refractivity contribution is -0.134. The third-order valence-electron chi connectivity index (χ3n) is 1.86. The molecule has 0 aromatic heterocycles. The van der Waals surface area contributed by atoms with E-state index in [0.29, 0.717) is 0 Å². The molecule has 0 N–H and O–H groups in total. The molecule has 0 amide bonds. The average Bonchev–Trinajstić information content (AvgIpc) is 2.35. The van der Waals surface area contributed by atoms with Gasteiger partial charge < -0.3 is 14.2 Å². The van der Waals surface area contributed by atoms with Crippen molar-refractivity contribution in [3.05, 3.63) is 12.2 Å². The van der Waals surface area contributed by atoms with Crippen molar-refractivity contribution in [2.24, 2.45) is 0 Å². The van der Waals surface area contributed by atoms with Gasteiger partial charge in [0.25, 0.3) is 0 Å². The number of methoxy groups -OCH3 is 1. The Morgan fingerprint density at radius 2 is 2.29 bits per heavy atom. The lowest BCUT2D eigenvalue weighted by Crippen LogP contribution is -2.31. The fourth-order valence-electron chi connectivity index (χ4n) is 1.05. The molecule has 1 fully saturated rings. The minimum Gasteiger partial charge on any atom is -0.466 e. The third-order valence-corrected chi connectivity index (χ3v) is 2.04. The van der Waals surface area contributed by atoms with Crippen LogP contribution >= 0.6 is 12.2 Å². The molecule has 0 radical (unpaired) electrons. The molecule has 5 heteroatoms. The minimum atomic E-state index is -0.540. The number of carbonyl (C=O) groups excluding carboxylic acids is 1. The molecule has 0 aliphatic carbocycles. The summed E-state index contributed by atoms with van der Waals surface area (Å²) < 4.78 is 14.9. The summed E-state index contributed by atoms with van der Waals surface area (Å²) >= 11 is 4.76. The minimum absolute atomic E-state index is 0.106. The van der Waals surface area contributed by atoms with Crippen LogP contribution < -0.4 is 0 Å². The zero-order valence-electron chi connectivity index (χ0n) is 8.27. The van der Waals surface area contributed by atoms with E-state index >= 15 is 0 Å². The Bertz CT molecular complexity index is 283. The summed E-state index contributed by atoms with van der Waals surface area (Å²) in [6, 6.07) is 0. The molecule has 1 rings (SSSR count). The van der Waals surface area contributed by atoms with E-state index in [1.54, 1.807) is 6.08 Å². The second kappa shape index (κ2) is 3.96. The summed E-state index contributed by atoms with van der Waals surface area (Å²) in [5.74, 6) is -0.429. The molecule has 0 bridgehead atoms. The molecule has 0 aromatic carbocycles. The zero-order valence-corrected chi connectivity index (χ0v) is 9.09. The molecule has 1 aliphatic rings. The molecule has 4 nitrogen and oxygen atoms in total. The number of rotatable bonds is 2. The van der Waals surface area contributed by atoms with Crippen molar-refractivity contribution < 1.29 is 19.0 Å². The molecular formula is C9H12O4S. The van der Waals surface area contributed by atoms with E-state index in [1.807, 2.05) is 13.8 Å². The van der Waals surface area contributed by atoms with Crippen molar-refractivity contribution in [2.75, 3.05) is 7.11 Å². The Kier molecular flexibility index (Phi) is 3.10. The molecular weight excluding hydrogens is 204 g/mol. The number of carbonyl (C=O) groups is 1. The van der Waals surface area contributed by atoms with E-state index in [4.69, 9.17) is 21.7 Å². The molecule has 1 aliphatic heterocycles. The SMILES string of the molecule is COC(=O)/C=C/[C@H]1OC(=S)OC1(C)C. The van der Waals surface area contributed by atoms with Crippen LogP contribution in [0.3, 0.4) is 0 Å². The Morgan fingerprint density at radius 3 is 2.71 bits per heavy atom.